The van der Waals surface area contributed by atoms with Gasteiger partial charge >= 0.3 is 0 Å². The summed E-state index contributed by atoms with van der Waals surface area (Å²) in [5.74, 6) is 11.6. The van der Waals surface area contributed by atoms with Crippen LogP contribution in [0.5, 0.6) is 0 Å². The Balaban J connectivity index is 1.03. The average molecular weight is 828 g/mol. The Hall–Kier alpha value is -6.21. The van der Waals surface area contributed by atoms with Crippen LogP contribution in [0.25, 0.3) is 11.3 Å². The number of ether oxygens (including phenoxy) is 1. The number of fused-ring (bicyclic) bond motifs is 2. The molecular weight excluding hydrogens is 771 g/mol. The van der Waals surface area contributed by atoms with Gasteiger partial charge in [0.2, 0.25) is 0 Å². The molecule has 0 amide bonds. The van der Waals surface area contributed by atoms with Crippen molar-refractivity contribution in [3.63, 3.8) is 0 Å². The molecule has 0 fully saturated rings. The van der Waals surface area contributed by atoms with Crippen LogP contribution in [0.2, 0.25) is 0 Å². The summed E-state index contributed by atoms with van der Waals surface area (Å²) in [7, 11) is 0. The summed E-state index contributed by atoms with van der Waals surface area (Å²) in [6.07, 6.45) is 35.3. The smallest absolute Gasteiger partial charge is 0.131 e. The first-order valence-electron chi connectivity index (χ1n) is 23.4. The molecular formula is C57H57N5O. The number of aliphatic imine (C=N–C) groups is 1. The molecule has 316 valence electrons. The number of rotatable bonds is 8. The van der Waals surface area contributed by atoms with Gasteiger partial charge in [-0.05, 0) is 116 Å². The van der Waals surface area contributed by atoms with Gasteiger partial charge in [-0.25, -0.2) is 10.8 Å². The second kappa shape index (κ2) is 17.5. The van der Waals surface area contributed by atoms with E-state index in [0.29, 0.717) is 5.92 Å². The van der Waals surface area contributed by atoms with E-state index in [1.54, 1.807) is 0 Å². The second-order valence-electron chi connectivity index (χ2n) is 18.0. The predicted octanol–water partition coefficient (Wildman–Crippen LogP) is 12.5. The third-order valence-corrected chi connectivity index (χ3v) is 14.0. The lowest BCUT2D eigenvalue weighted by Crippen LogP contribution is -2.53. The molecule has 3 heterocycles. The summed E-state index contributed by atoms with van der Waals surface area (Å²) in [6.45, 7) is 0. The minimum Gasteiger partial charge on any atom is -0.466 e. The molecule has 8 aliphatic rings. The Morgan fingerprint density at radius 1 is 0.794 bits per heavy atom. The standard InChI is InChI=1S/C57H57N5O/c58-62-53(40-23-9-3-10-24-40)52(46-31-15-16-32-47(46)54(62)49(39-21-7-2-8-22-39)35-38-19-5-1-6-20-38)42-28-17-29-44(36-42)56-59-55(41-25-11-4-12-26-41)60-57(61-56)48-33-18-34-50-51(48)43-27-13-14-30-45(37-43)63-50/h1-5,7-13,16,21-27,29,32-33,36-38,43,55,57,60H,6,14-15,17-20,28,30-31,34-35,58H2,(H,59,61)/b54-49+. The number of hydrazine groups is 1. The number of nitrogens with one attached hydrogen (secondary N) is 2. The lowest BCUT2D eigenvalue weighted by molar-refractivity contribution is 0.257. The van der Waals surface area contributed by atoms with E-state index in [1.807, 2.05) is 0 Å². The number of hydrogen-bond acceptors (Lipinski definition) is 6. The maximum Gasteiger partial charge on any atom is 0.131 e. The van der Waals surface area contributed by atoms with Gasteiger partial charge in [0.25, 0.3) is 0 Å². The summed E-state index contributed by atoms with van der Waals surface area (Å²) in [4.78, 5) is 5.47. The highest BCUT2D eigenvalue weighted by atomic mass is 16.5. The first-order chi connectivity index (χ1) is 31.2. The summed E-state index contributed by atoms with van der Waals surface area (Å²) in [5, 5.41) is 9.96. The fourth-order valence-electron chi connectivity index (χ4n) is 11.0. The monoisotopic (exact) mass is 827 g/mol. The van der Waals surface area contributed by atoms with E-state index < -0.39 is 0 Å². The largest absolute Gasteiger partial charge is 0.466 e. The van der Waals surface area contributed by atoms with Crippen LogP contribution in [0.4, 0.5) is 0 Å². The summed E-state index contributed by atoms with van der Waals surface area (Å²) in [6, 6.07) is 32.5. The highest BCUT2D eigenvalue weighted by molar-refractivity contribution is 6.02. The van der Waals surface area contributed by atoms with E-state index in [4.69, 9.17) is 15.6 Å². The van der Waals surface area contributed by atoms with Gasteiger partial charge in [-0.3, -0.25) is 10.3 Å². The summed E-state index contributed by atoms with van der Waals surface area (Å²) in [5.41, 5.74) is 16.0. The Labute approximate surface area is 372 Å². The van der Waals surface area contributed by atoms with Crippen molar-refractivity contribution in [3.8, 4) is 0 Å². The molecule has 4 atom stereocenters. The molecule has 4 unspecified atom stereocenters. The van der Waals surface area contributed by atoms with Crippen LogP contribution >= 0.6 is 0 Å². The van der Waals surface area contributed by atoms with E-state index in [0.717, 1.165) is 116 Å². The zero-order valence-corrected chi connectivity index (χ0v) is 36.1. The van der Waals surface area contributed by atoms with Crippen molar-refractivity contribution < 1.29 is 4.74 Å². The van der Waals surface area contributed by atoms with Crippen LogP contribution in [-0.2, 0) is 4.74 Å². The lowest BCUT2D eigenvalue weighted by Gasteiger charge is -2.40. The van der Waals surface area contributed by atoms with E-state index in [9.17, 15) is 0 Å². The molecule has 11 rings (SSSR count). The van der Waals surface area contributed by atoms with E-state index >= 15 is 0 Å². The van der Waals surface area contributed by atoms with Crippen molar-refractivity contribution in [3.05, 3.63) is 225 Å². The Morgan fingerprint density at radius 3 is 2.41 bits per heavy atom. The van der Waals surface area contributed by atoms with Gasteiger partial charge in [0.15, 0.2) is 0 Å². The Morgan fingerprint density at radius 2 is 1.59 bits per heavy atom. The van der Waals surface area contributed by atoms with Crippen LogP contribution in [0.1, 0.15) is 99.9 Å². The molecule has 6 heteroatoms. The topological polar surface area (TPSA) is 74.9 Å². The average Bonchev–Trinajstić information content (AvgIpc) is 3.54. The number of nitrogens with two attached hydrogens (primary N) is 1. The van der Waals surface area contributed by atoms with Crippen LogP contribution in [-0.4, -0.2) is 17.0 Å². The molecule has 0 radical (unpaired) electrons. The first kappa shape index (κ1) is 39.6. The molecule has 63 heavy (non-hydrogen) atoms. The fourth-order valence-corrected chi connectivity index (χ4v) is 11.0. The quantitative estimate of drug-likeness (QED) is 0.156. The molecule has 0 aromatic heterocycles. The number of allylic oxidation sites excluding steroid dienone is 15. The Kier molecular flexibility index (Phi) is 11.0. The molecule has 2 bridgehead atoms. The van der Waals surface area contributed by atoms with Crippen LogP contribution in [0.3, 0.4) is 0 Å². The van der Waals surface area contributed by atoms with Crippen molar-refractivity contribution in [2.75, 3.05) is 0 Å². The molecule has 3 aromatic carbocycles. The van der Waals surface area contributed by atoms with E-state index in [1.165, 1.54) is 51.0 Å². The van der Waals surface area contributed by atoms with Crippen molar-refractivity contribution in [1.29, 1.82) is 0 Å². The van der Waals surface area contributed by atoms with Crippen molar-refractivity contribution in [1.82, 2.24) is 15.6 Å². The molecule has 0 saturated heterocycles. The SMILES string of the molecule is NN1C(c2ccccc2)=C(C2=CC(C3=NC(c4ccccc4)NC(C4=CCCC5=C4C4C=CCCC(=C4)O5)N3)=CCC2)C2=C(C=CCC2)/C1=C(/CC1CC=CCC1)c1ccccc1. The van der Waals surface area contributed by atoms with Gasteiger partial charge in [0.05, 0.1) is 11.4 Å². The highest BCUT2D eigenvalue weighted by Crippen LogP contribution is 2.50. The minimum absolute atomic E-state index is 0.155. The lowest BCUT2D eigenvalue weighted by atomic mass is 9.76. The normalized spacial score (nSPS) is 26.3. The molecule has 0 spiro atoms. The highest BCUT2D eigenvalue weighted by Gasteiger charge is 2.38. The first-order valence-corrected chi connectivity index (χ1v) is 23.4. The summed E-state index contributed by atoms with van der Waals surface area (Å²) >= 11 is 0. The van der Waals surface area contributed by atoms with Gasteiger partial charge < -0.3 is 10.1 Å². The molecule has 4 N–H and O–H groups in total. The van der Waals surface area contributed by atoms with E-state index in [-0.39, 0.29) is 18.2 Å². The van der Waals surface area contributed by atoms with Crippen LogP contribution in [0, 0.1) is 11.8 Å². The third kappa shape index (κ3) is 7.81. The maximum absolute atomic E-state index is 7.68. The van der Waals surface area contributed by atoms with Gasteiger partial charge in [0, 0.05) is 46.6 Å². The number of nitrogens with zero attached hydrogens (tertiary/aromatic N) is 2. The van der Waals surface area contributed by atoms with Gasteiger partial charge in [-0.1, -0.05) is 140 Å². The van der Waals surface area contributed by atoms with Crippen molar-refractivity contribution in [2.45, 2.75) is 89.4 Å². The minimum atomic E-state index is -0.228. The third-order valence-electron chi connectivity index (χ3n) is 14.0. The molecule has 0 saturated carbocycles. The molecule has 3 aliphatic heterocycles. The molecule has 5 aliphatic carbocycles. The second-order valence-corrected chi connectivity index (χ2v) is 18.0. The fraction of sp³-hybridized carbons (Fsp3) is 0.281. The van der Waals surface area contributed by atoms with Crippen molar-refractivity contribution >= 4 is 17.1 Å². The maximum atomic E-state index is 7.68. The van der Waals surface area contributed by atoms with Gasteiger partial charge in [0.1, 0.15) is 29.7 Å². The summed E-state index contributed by atoms with van der Waals surface area (Å²) < 4.78 is 6.60. The van der Waals surface area contributed by atoms with Gasteiger partial charge in [-0.15, -0.1) is 0 Å². The molecule has 6 nitrogen and oxygen atoms in total. The number of hydrogen-bond donors (Lipinski definition) is 3. The zero-order chi connectivity index (χ0) is 42.1. The molecule has 3 aromatic rings. The predicted molar refractivity (Wildman–Crippen MR) is 257 cm³/mol. The number of amidine groups is 1. The van der Waals surface area contributed by atoms with Crippen molar-refractivity contribution in [2.24, 2.45) is 22.7 Å². The van der Waals surface area contributed by atoms with Gasteiger partial charge in [-0.2, -0.15) is 0 Å². The zero-order valence-electron chi connectivity index (χ0n) is 36.1. The van der Waals surface area contributed by atoms with E-state index in [2.05, 4.69) is 167 Å². The van der Waals surface area contributed by atoms with Crippen LogP contribution in [0.15, 0.2) is 213 Å². The van der Waals surface area contributed by atoms with Crippen LogP contribution < -0.4 is 16.5 Å². The Bertz CT molecular complexity index is 2660. The number of benzene rings is 3.